The van der Waals surface area contributed by atoms with Gasteiger partial charge in [-0.1, -0.05) is 6.92 Å². The lowest BCUT2D eigenvalue weighted by atomic mass is 10.1. The third-order valence-electron chi connectivity index (χ3n) is 2.69. The Morgan fingerprint density at radius 2 is 2.22 bits per heavy atom. The average Bonchev–Trinajstić information content (AvgIpc) is 2.34. The van der Waals surface area contributed by atoms with Gasteiger partial charge in [0.1, 0.15) is 6.54 Å². The van der Waals surface area contributed by atoms with E-state index in [9.17, 15) is 9.59 Å². The van der Waals surface area contributed by atoms with Crippen molar-refractivity contribution in [3.63, 3.8) is 0 Å². The predicted molar refractivity (Wildman–Crippen MR) is 70.4 cm³/mol. The number of carboxylic acid groups (broad SMARTS) is 1. The van der Waals surface area contributed by atoms with Gasteiger partial charge in [0.2, 0.25) is 0 Å². The zero-order valence-electron chi connectivity index (χ0n) is 10.3. The standard InChI is InChI=1S/C12H15BrN2O3/c1-3-8(2)15(7-11(16)17)12(18)9-4-5-14-6-10(9)13/h4-6,8H,3,7H2,1-2H3,(H,16,17). The van der Waals surface area contributed by atoms with Gasteiger partial charge in [0.05, 0.1) is 5.56 Å². The van der Waals surface area contributed by atoms with Crippen molar-refractivity contribution in [1.29, 1.82) is 0 Å². The molecule has 6 heteroatoms. The first-order valence-electron chi connectivity index (χ1n) is 5.59. The summed E-state index contributed by atoms with van der Waals surface area (Å²) in [7, 11) is 0. The van der Waals surface area contributed by atoms with Crippen molar-refractivity contribution in [2.45, 2.75) is 26.3 Å². The molecule has 0 aliphatic carbocycles. The van der Waals surface area contributed by atoms with E-state index in [1.54, 1.807) is 6.07 Å². The van der Waals surface area contributed by atoms with Crippen LogP contribution in [0.4, 0.5) is 0 Å². The van der Waals surface area contributed by atoms with Gasteiger partial charge >= 0.3 is 5.97 Å². The number of pyridine rings is 1. The lowest BCUT2D eigenvalue weighted by Gasteiger charge is -2.27. The minimum Gasteiger partial charge on any atom is -0.480 e. The fourth-order valence-electron chi connectivity index (χ4n) is 1.50. The van der Waals surface area contributed by atoms with Crippen LogP contribution < -0.4 is 0 Å². The van der Waals surface area contributed by atoms with Crippen molar-refractivity contribution >= 4 is 27.8 Å². The van der Waals surface area contributed by atoms with Crippen molar-refractivity contribution in [2.75, 3.05) is 6.54 Å². The smallest absolute Gasteiger partial charge is 0.323 e. The molecule has 0 fully saturated rings. The van der Waals surface area contributed by atoms with Crippen molar-refractivity contribution in [1.82, 2.24) is 9.88 Å². The minimum absolute atomic E-state index is 0.131. The lowest BCUT2D eigenvalue weighted by Crippen LogP contribution is -2.42. The van der Waals surface area contributed by atoms with Crippen LogP contribution in [0.3, 0.4) is 0 Å². The number of carbonyl (C=O) groups excluding carboxylic acids is 1. The third kappa shape index (κ3) is 3.53. The highest BCUT2D eigenvalue weighted by Gasteiger charge is 2.24. The van der Waals surface area contributed by atoms with Gasteiger partial charge in [0.15, 0.2) is 0 Å². The average molecular weight is 315 g/mol. The van der Waals surface area contributed by atoms with Crippen LogP contribution in [0.25, 0.3) is 0 Å². The maximum absolute atomic E-state index is 12.3. The van der Waals surface area contributed by atoms with Crippen LogP contribution in [0.5, 0.6) is 0 Å². The summed E-state index contributed by atoms with van der Waals surface area (Å²) in [4.78, 5) is 28.4. The van der Waals surface area contributed by atoms with Crippen molar-refractivity contribution in [2.24, 2.45) is 0 Å². The maximum atomic E-state index is 12.3. The van der Waals surface area contributed by atoms with E-state index in [1.165, 1.54) is 17.3 Å². The molecule has 1 amide bonds. The summed E-state index contributed by atoms with van der Waals surface area (Å²) < 4.78 is 0.564. The second-order valence-electron chi connectivity index (χ2n) is 3.94. The molecular formula is C12H15BrN2O3. The molecule has 1 rings (SSSR count). The fourth-order valence-corrected chi connectivity index (χ4v) is 1.92. The lowest BCUT2D eigenvalue weighted by molar-refractivity contribution is -0.138. The first-order valence-corrected chi connectivity index (χ1v) is 6.39. The van der Waals surface area contributed by atoms with E-state index < -0.39 is 5.97 Å². The highest BCUT2D eigenvalue weighted by molar-refractivity contribution is 9.10. The van der Waals surface area contributed by atoms with E-state index in [0.717, 1.165) is 0 Å². The summed E-state index contributed by atoms with van der Waals surface area (Å²) in [5.41, 5.74) is 0.423. The van der Waals surface area contributed by atoms with Crippen LogP contribution in [0.2, 0.25) is 0 Å². The quantitative estimate of drug-likeness (QED) is 0.904. The zero-order chi connectivity index (χ0) is 13.7. The van der Waals surface area contributed by atoms with Gasteiger partial charge in [-0.2, -0.15) is 0 Å². The number of carbonyl (C=O) groups is 2. The minimum atomic E-state index is -1.02. The molecule has 0 aliphatic heterocycles. The molecule has 0 aliphatic rings. The molecule has 0 aromatic carbocycles. The van der Waals surface area contributed by atoms with Crippen molar-refractivity contribution in [3.8, 4) is 0 Å². The van der Waals surface area contributed by atoms with Gasteiger partial charge in [-0.25, -0.2) is 0 Å². The summed E-state index contributed by atoms with van der Waals surface area (Å²) in [6.07, 6.45) is 3.72. The molecule has 18 heavy (non-hydrogen) atoms. The molecule has 1 heterocycles. The van der Waals surface area contributed by atoms with Gasteiger partial charge in [-0.15, -0.1) is 0 Å². The van der Waals surface area contributed by atoms with Crippen LogP contribution in [-0.4, -0.2) is 39.5 Å². The van der Waals surface area contributed by atoms with E-state index >= 15 is 0 Å². The van der Waals surface area contributed by atoms with Crippen LogP contribution in [0.1, 0.15) is 30.6 Å². The van der Waals surface area contributed by atoms with E-state index in [0.29, 0.717) is 16.5 Å². The molecule has 0 saturated heterocycles. The second kappa shape index (κ2) is 6.49. The largest absolute Gasteiger partial charge is 0.480 e. The summed E-state index contributed by atoms with van der Waals surface area (Å²) in [6, 6.07) is 1.44. The molecule has 1 atom stereocenters. The van der Waals surface area contributed by atoms with Crippen LogP contribution in [0, 0.1) is 0 Å². The van der Waals surface area contributed by atoms with Gasteiger partial charge in [-0.05, 0) is 35.3 Å². The molecule has 5 nitrogen and oxygen atoms in total. The number of halogens is 1. The zero-order valence-corrected chi connectivity index (χ0v) is 11.8. The maximum Gasteiger partial charge on any atom is 0.323 e. The van der Waals surface area contributed by atoms with Crippen molar-refractivity contribution in [3.05, 3.63) is 28.5 Å². The Bertz CT molecular complexity index is 451. The number of hydrogen-bond acceptors (Lipinski definition) is 3. The topological polar surface area (TPSA) is 70.5 Å². The Kier molecular flexibility index (Phi) is 5.27. The van der Waals surface area contributed by atoms with Crippen LogP contribution in [0.15, 0.2) is 22.9 Å². The summed E-state index contributed by atoms with van der Waals surface area (Å²) >= 11 is 3.25. The number of nitrogens with zero attached hydrogens (tertiary/aromatic N) is 2. The van der Waals surface area contributed by atoms with Gasteiger partial charge in [0, 0.05) is 22.9 Å². The van der Waals surface area contributed by atoms with Crippen LogP contribution in [-0.2, 0) is 4.79 Å². The number of rotatable bonds is 5. The number of amides is 1. The molecule has 0 spiro atoms. The van der Waals surface area contributed by atoms with E-state index in [1.807, 2.05) is 13.8 Å². The molecule has 1 unspecified atom stereocenters. The molecule has 0 saturated carbocycles. The normalized spacial score (nSPS) is 11.9. The van der Waals surface area contributed by atoms with Gasteiger partial charge in [0.25, 0.3) is 5.91 Å². The van der Waals surface area contributed by atoms with Crippen molar-refractivity contribution < 1.29 is 14.7 Å². The molecule has 1 N–H and O–H groups in total. The number of aromatic nitrogens is 1. The molecule has 1 aromatic heterocycles. The molecule has 1 aromatic rings. The highest BCUT2D eigenvalue weighted by Crippen LogP contribution is 2.18. The summed E-state index contributed by atoms with van der Waals surface area (Å²) in [6.45, 7) is 3.44. The third-order valence-corrected chi connectivity index (χ3v) is 3.32. The number of carboxylic acids is 1. The molecule has 98 valence electrons. The summed E-state index contributed by atoms with van der Waals surface area (Å²) in [5, 5.41) is 8.88. The van der Waals surface area contributed by atoms with Gasteiger partial charge < -0.3 is 10.0 Å². The Labute approximate surface area is 114 Å². The Morgan fingerprint density at radius 3 is 2.72 bits per heavy atom. The Balaban J connectivity index is 3.02. The first kappa shape index (κ1) is 14.6. The molecule has 0 bridgehead atoms. The first-order chi connectivity index (χ1) is 8.47. The molecule has 0 radical (unpaired) electrons. The number of aliphatic carboxylic acids is 1. The van der Waals surface area contributed by atoms with E-state index in [-0.39, 0.29) is 18.5 Å². The Hall–Kier alpha value is -1.43. The second-order valence-corrected chi connectivity index (χ2v) is 4.79. The van der Waals surface area contributed by atoms with Gasteiger partial charge in [-0.3, -0.25) is 14.6 Å². The predicted octanol–water partition coefficient (Wildman–Crippen LogP) is 2.17. The molecular weight excluding hydrogens is 300 g/mol. The highest BCUT2D eigenvalue weighted by atomic mass is 79.9. The number of hydrogen-bond donors (Lipinski definition) is 1. The van der Waals surface area contributed by atoms with E-state index in [2.05, 4.69) is 20.9 Å². The Morgan fingerprint density at radius 1 is 1.56 bits per heavy atom. The van der Waals surface area contributed by atoms with Crippen LogP contribution >= 0.6 is 15.9 Å². The summed E-state index contributed by atoms with van der Waals surface area (Å²) in [5.74, 6) is -1.32. The SMILES string of the molecule is CCC(C)N(CC(=O)O)C(=O)c1ccncc1Br. The van der Waals surface area contributed by atoms with E-state index in [4.69, 9.17) is 5.11 Å². The monoisotopic (exact) mass is 314 g/mol. The fraction of sp³-hybridized carbons (Fsp3) is 0.417.